The average Bonchev–Trinajstić information content (AvgIpc) is 3.10. The standard InChI is InChI=1S/C34H49Br2N7O5/c1-48-26-6-4-5-23(19-26)8-14-39-34(47)41-30(22-24-20-27(35)31(44)28(36)21-24)32(45)40-29(7-2-3-11-37)33(46)43-17-15-42(16-18-43)25-9-12-38-13-10-25/h4-6,19-21,25,29-30,38,44H,2-3,7-18,22,37H2,1H3,(H,40,45)(H2,39,41,47)/t29-,30-/m0/s1. The quantitative estimate of drug-likeness (QED) is 0.150. The minimum absolute atomic E-state index is 0.0359. The summed E-state index contributed by atoms with van der Waals surface area (Å²) in [5, 5.41) is 22.3. The van der Waals surface area contributed by atoms with Crippen LogP contribution in [0.15, 0.2) is 45.3 Å². The summed E-state index contributed by atoms with van der Waals surface area (Å²) in [6.45, 7) is 5.72. The lowest BCUT2D eigenvalue weighted by molar-refractivity contribution is -0.138. The Kier molecular flexibility index (Phi) is 15.3. The number of nitrogens with two attached hydrogens (primary N) is 1. The van der Waals surface area contributed by atoms with Crippen molar-refractivity contribution in [3.63, 3.8) is 0 Å². The number of carbonyl (C=O) groups excluding carboxylic acids is 3. The Morgan fingerprint density at radius 3 is 2.38 bits per heavy atom. The van der Waals surface area contributed by atoms with Gasteiger partial charge in [-0.25, -0.2) is 4.79 Å². The number of hydrogen-bond donors (Lipinski definition) is 6. The monoisotopic (exact) mass is 793 g/mol. The summed E-state index contributed by atoms with van der Waals surface area (Å²) in [5.41, 5.74) is 7.45. The molecule has 0 bridgehead atoms. The third kappa shape index (κ3) is 11.3. The Morgan fingerprint density at radius 2 is 1.71 bits per heavy atom. The van der Waals surface area contributed by atoms with Gasteiger partial charge in [-0.15, -0.1) is 0 Å². The van der Waals surface area contributed by atoms with Crippen LogP contribution >= 0.6 is 31.9 Å². The number of unbranched alkanes of at least 4 members (excludes halogenated alkanes) is 1. The van der Waals surface area contributed by atoms with Gasteiger partial charge in [-0.1, -0.05) is 12.1 Å². The summed E-state index contributed by atoms with van der Waals surface area (Å²) in [6.07, 6.45) is 4.80. The van der Waals surface area contributed by atoms with Crippen molar-refractivity contribution in [1.29, 1.82) is 0 Å². The molecule has 0 saturated carbocycles. The molecule has 4 rings (SSSR count). The molecule has 0 radical (unpaired) electrons. The van der Waals surface area contributed by atoms with Crippen LogP contribution in [0, 0.1) is 0 Å². The van der Waals surface area contributed by atoms with Crippen molar-refractivity contribution < 1.29 is 24.2 Å². The molecule has 2 fully saturated rings. The number of piperazine rings is 1. The van der Waals surface area contributed by atoms with Gasteiger partial charge >= 0.3 is 6.03 Å². The number of carbonyl (C=O) groups is 3. The minimum Gasteiger partial charge on any atom is -0.506 e. The van der Waals surface area contributed by atoms with Crippen LogP contribution in [-0.4, -0.2) is 110 Å². The summed E-state index contributed by atoms with van der Waals surface area (Å²) in [6, 6.07) is 9.31. The number of rotatable bonds is 15. The molecule has 264 valence electrons. The maximum Gasteiger partial charge on any atom is 0.315 e. The highest BCUT2D eigenvalue weighted by molar-refractivity contribution is 9.11. The fraction of sp³-hybridized carbons (Fsp3) is 0.559. The van der Waals surface area contributed by atoms with Crippen LogP contribution in [0.25, 0.3) is 0 Å². The SMILES string of the molecule is COc1cccc(CCNC(=O)N[C@@H](Cc2cc(Br)c(O)c(Br)c2)C(=O)N[C@@H](CCCCN)C(=O)N2CCN(C3CCNCC3)CC2)c1. The van der Waals surface area contributed by atoms with Crippen molar-refractivity contribution in [2.24, 2.45) is 5.73 Å². The smallest absolute Gasteiger partial charge is 0.315 e. The number of methoxy groups -OCH3 is 1. The minimum atomic E-state index is -0.994. The molecule has 2 saturated heterocycles. The maximum absolute atomic E-state index is 13.9. The van der Waals surface area contributed by atoms with Crippen molar-refractivity contribution in [2.75, 3.05) is 59.5 Å². The summed E-state index contributed by atoms with van der Waals surface area (Å²) in [5.74, 6) is 0.201. The van der Waals surface area contributed by atoms with Gasteiger partial charge in [0.25, 0.3) is 0 Å². The zero-order chi connectivity index (χ0) is 34.5. The topological polar surface area (TPSA) is 161 Å². The first-order valence-corrected chi connectivity index (χ1v) is 18.3. The lowest BCUT2D eigenvalue weighted by Gasteiger charge is -2.41. The third-order valence-electron chi connectivity index (χ3n) is 8.98. The molecular weight excluding hydrogens is 746 g/mol. The third-order valence-corrected chi connectivity index (χ3v) is 10.2. The van der Waals surface area contributed by atoms with Crippen molar-refractivity contribution in [1.82, 2.24) is 31.1 Å². The number of ether oxygens (including phenoxy) is 1. The fourth-order valence-electron chi connectivity index (χ4n) is 6.26. The molecule has 14 heteroatoms. The first kappa shape index (κ1) is 37.9. The molecule has 0 aliphatic carbocycles. The number of hydrogen-bond acceptors (Lipinski definition) is 8. The Hall–Kier alpha value is -2.91. The molecule has 12 nitrogen and oxygen atoms in total. The number of urea groups is 1. The number of piperidine rings is 1. The number of aromatic hydroxyl groups is 1. The summed E-state index contributed by atoms with van der Waals surface area (Å²) in [4.78, 5) is 45.2. The second-order valence-corrected chi connectivity index (χ2v) is 14.1. The molecule has 0 spiro atoms. The van der Waals surface area contributed by atoms with Crippen LogP contribution in [0.2, 0.25) is 0 Å². The molecule has 0 aromatic heterocycles. The van der Waals surface area contributed by atoms with Crippen LogP contribution in [0.3, 0.4) is 0 Å². The zero-order valence-electron chi connectivity index (χ0n) is 27.6. The molecule has 2 aromatic rings. The van der Waals surface area contributed by atoms with Gasteiger partial charge in [0, 0.05) is 45.2 Å². The van der Waals surface area contributed by atoms with Gasteiger partial charge in [0.15, 0.2) is 0 Å². The highest BCUT2D eigenvalue weighted by Gasteiger charge is 2.33. The number of nitrogens with zero attached hydrogens (tertiary/aromatic N) is 2. The van der Waals surface area contributed by atoms with E-state index >= 15 is 0 Å². The van der Waals surface area contributed by atoms with E-state index in [0.29, 0.717) is 66.0 Å². The molecule has 2 aliphatic heterocycles. The Bertz CT molecular complexity index is 1350. The van der Waals surface area contributed by atoms with Gasteiger partial charge in [-0.2, -0.15) is 0 Å². The second-order valence-electron chi connectivity index (χ2n) is 12.4. The molecular formula is C34H49Br2N7O5. The Morgan fingerprint density at radius 1 is 1.00 bits per heavy atom. The molecule has 2 aliphatic rings. The predicted molar refractivity (Wildman–Crippen MR) is 193 cm³/mol. The molecule has 48 heavy (non-hydrogen) atoms. The van der Waals surface area contributed by atoms with E-state index in [4.69, 9.17) is 10.5 Å². The zero-order valence-corrected chi connectivity index (χ0v) is 30.8. The van der Waals surface area contributed by atoms with Gasteiger partial charge in [-0.05, 0) is 125 Å². The Balaban J connectivity index is 1.43. The van der Waals surface area contributed by atoms with E-state index in [0.717, 1.165) is 56.8 Å². The summed E-state index contributed by atoms with van der Waals surface area (Å²) in [7, 11) is 1.60. The van der Waals surface area contributed by atoms with Crippen molar-refractivity contribution in [3.05, 3.63) is 56.5 Å². The number of nitrogens with one attached hydrogen (secondary N) is 4. The number of amides is 4. The predicted octanol–water partition coefficient (Wildman–Crippen LogP) is 2.89. The van der Waals surface area contributed by atoms with Crippen molar-refractivity contribution in [2.45, 2.75) is 63.1 Å². The first-order chi connectivity index (χ1) is 23.2. The molecule has 2 heterocycles. The largest absolute Gasteiger partial charge is 0.506 e. The highest BCUT2D eigenvalue weighted by Crippen LogP contribution is 2.33. The van der Waals surface area contributed by atoms with Crippen LogP contribution in [0.1, 0.15) is 43.2 Å². The van der Waals surface area contributed by atoms with Gasteiger partial charge < -0.3 is 41.7 Å². The molecule has 2 aromatic carbocycles. The summed E-state index contributed by atoms with van der Waals surface area (Å²) < 4.78 is 6.19. The molecule has 4 amide bonds. The lowest BCUT2D eigenvalue weighted by atomic mass is 10.0. The number of phenols is 1. The first-order valence-electron chi connectivity index (χ1n) is 16.8. The molecule has 0 unspecified atom stereocenters. The average molecular weight is 796 g/mol. The van der Waals surface area contributed by atoms with Gasteiger partial charge in [0.2, 0.25) is 11.8 Å². The van der Waals surface area contributed by atoms with Gasteiger partial charge in [0.05, 0.1) is 16.1 Å². The lowest BCUT2D eigenvalue weighted by Crippen LogP contribution is -2.59. The van der Waals surface area contributed by atoms with Crippen LogP contribution in [0.4, 0.5) is 4.79 Å². The Labute approximate surface area is 300 Å². The summed E-state index contributed by atoms with van der Waals surface area (Å²) >= 11 is 6.71. The normalized spacial score (nSPS) is 17.0. The van der Waals surface area contributed by atoms with Gasteiger partial charge in [0.1, 0.15) is 23.6 Å². The van der Waals surface area contributed by atoms with E-state index in [2.05, 4.69) is 58.0 Å². The number of halogens is 2. The van der Waals surface area contributed by atoms with Crippen LogP contribution in [-0.2, 0) is 22.4 Å². The van der Waals surface area contributed by atoms with E-state index in [1.54, 1.807) is 19.2 Å². The van der Waals surface area contributed by atoms with Crippen LogP contribution in [0.5, 0.6) is 11.5 Å². The van der Waals surface area contributed by atoms with E-state index in [1.807, 2.05) is 29.2 Å². The van der Waals surface area contributed by atoms with E-state index in [-0.39, 0.29) is 18.1 Å². The van der Waals surface area contributed by atoms with Crippen molar-refractivity contribution >= 4 is 49.7 Å². The number of phenolic OH excluding ortho intramolecular Hbond substituents is 1. The number of benzene rings is 2. The van der Waals surface area contributed by atoms with E-state index in [9.17, 15) is 19.5 Å². The molecule has 2 atom stereocenters. The van der Waals surface area contributed by atoms with Gasteiger partial charge in [-0.3, -0.25) is 14.5 Å². The van der Waals surface area contributed by atoms with E-state index in [1.165, 1.54) is 0 Å². The van der Waals surface area contributed by atoms with E-state index < -0.39 is 24.0 Å². The van der Waals surface area contributed by atoms with Crippen LogP contribution < -0.4 is 31.7 Å². The fourth-order valence-corrected chi connectivity index (χ4v) is 7.54. The molecule has 7 N–H and O–H groups in total. The highest BCUT2D eigenvalue weighted by atomic mass is 79.9. The second kappa shape index (κ2) is 19.3. The maximum atomic E-state index is 13.9. The van der Waals surface area contributed by atoms with Crippen molar-refractivity contribution in [3.8, 4) is 11.5 Å².